The minimum absolute atomic E-state index is 0.101. The van der Waals surface area contributed by atoms with Crippen molar-refractivity contribution in [3.8, 4) is 22.4 Å². The summed E-state index contributed by atoms with van der Waals surface area (Å²) in [5.74, 6) is 0.711. The van der Waals surface area contributed by atoms with Crippen molar-refractivity contribution in [1.29, 1.82) is 0 Å². The molecule has 1 saturated heterocycles. The first kappa shape index (κ1) is 17.5. The molecule has 1 unspecified atom stereocenters. The van der Waals surface area contributed by atoms with Gasteiger partial charge >= 0.3 is 0 Å². The number of nitrogens with two attached hydrogens (primary N) is 1. The zero-order valence-corrected chi connectivity index (χ0v) is 16.2. The minimum Gasteiger partial charge on any atom is -0.369 e. The molecule has 1 aliphatic rings. The largest absolute Gasteiger partial charge is 0.369 e. The van der Waals surface area contributed by atoms with E-state index in [1.165, 1.54) is 0 Å². The van der Waals surface area contributed by atoms with Crippen molar-refractivity contribution >= 4 is 17.4 Å². The van der Waals surface area contributed by atoms with Gasteiger partial charge in [0.05, 0.1) is 24.0 Å². The number of carbonyl (C=O) groups is 1. The summed E-state index contributed by atoms with van der Waals surface area (Å²) in [6.45, 7) is 1.45. The normalized spacial score (nSPS) is 16.6. The van der Waals surface area contributed by atoms with Crippen molar-refractivity contribution in [2.24, 2.45) is 18.7 Å². The fourth-order valence-electron chi connectivity index (χ4n) is 4.07. The van der Waals surface area contributed by atoms with Gasteiger partial charge in [-0.05, 0) is 24.1 Å². The van der Waals surface area contributed by atoms with Gasteiger partial charge in [-0.1, -0.05) is 30.3 Å². The van der Waals surface area contributed by atoms with E-state index in [-0.39, 0.29) is 11.8 Å². The van der Waals surface area contributed by atoms with Crippen LogP contribution in [0.5, 0.6) is 0 Å². The number of aryl methyl sites for hydroxylation is 1. The second-order valence-electron chi connectivity index (χ2n) is 7.54. The van der Waals surface area contributed by atoms with Gasteiger partial charge in [0.2, 0.25) is 5.91 Å². The molecule has 0 aliphatic carbocycles. The summed E-state index contributed by atoms with van der Waals surface area (Å²) in [5.41, 5.74) is 10.7. The number of pyridine rings is 1. The van der Waals surface area contributed by atoms with E-state index in [4.69, 9.17) is 5.73 Å². The number of primary amides is 1. The zero-order chi connectivity index (χ0) is 20.0. The summed E-state index contributed by atoms with van der Waals surface area (Å²) in [7, 11) is 1.92. The Morgan fingerprint density at radius 1 is 1.07 bits per heavy atom. The van der Waals surface area contributed by atoms with E-state index in [0.717, 1.165) is 46.8 Å². The number of hydrogen-bond acceptors (Lipinski definition) is 4. The highest BCUT2D eigenvalue weighted by molar-refractivity contribution is 5.78. The van der Waals surface area contributed by atoms with Crippen LogP contribution in [0, 0.1) is 5.92 Å². The maximum absolute atomic E-state index is 11.6. The Bertz CT molecular complexity index is 1190. The van der Waals surface area contributed by atoms with E-state index in [1.807, 2.05) is 37.8 Å². The molecular weight excluding hydrogens is 364 g/mol. The zero-order valence-electron chi connectivity index (χ0n) is 16.2. The third-order valence-corrected chi connectivity index (χ3v) is 5.64. The van der Waals surface area contributed by atoms with Crippen molar-refractivity contribution in [2.75, 3.05) is 18.0 Å². The van der Waals surface area contributed by atoms with Crippen LogP contribution >= 0.6 is 0 Å². The molecule has 1 aliphatic heterocycles. The Labute approximate surface area is 168 Å². The van der Waals surface area contributed by atoms with Crippen LogP contribution in [-0.2, 0) is 11.8 Å². The first-order valence-electron chi connectivity index (χ1n) is 9.70. The lowest BCUT2D eigenvalue weighted by atomic mass is 10.1. The Morgan fingerprint density at radius 3 is 2.55 bits per heavy atom. The molecule has 4 aromatic rings. The molecule has 29 heavy (non-hydrogen) atoms. The predicted octanol–water partition coefficient (Wildman–Crippen LogP) is 2.71. The van der Waals surface area contributed by atoms with Gasteiger partial charge in [0.1, 0.15) is 11.5 Å². The summed E-state index contributed by atoms with van der Waals surface area (Å²) in [4.78, 5) is 18.4. The molecule has 4 heterocycles. The van der Waals surface area contributed by atoms with Gasteiger partial charge < -0.3 is 10.6 Å². The van der Waals surface area contributed by atoms with Crippen LogP contribution in [0.15, 0.2) is 61.1 Å². The monoisotopic (exact) mass is 386 g/mol. The number of imidazole rings is 1. The van der Waals surface area contributed by atoms with Crippen molar-refractivity contribution in [3.05, 3.63) is 61.1 Å². The second-order valence-corrected chi connectivity index (χ2v) is 7.54. The number of carbonyl (C=O) groups excluding carboxylic acids is 1. The predicted molar refractivity (Wildman–Crippen MR) is 112 cm³/mol. The van der Waals surface area contributed by atoms with Crippen LogP contribution in [0.3, 0.4) is 0 Å². The highest BCUT2D eigenvalue weighted by Gasteiger charge is 2.28. The SMILES string of the molecule is Cn1cc(-c2ccc(-c3cnc4cccc(N5CCC(C(N)=O)C5)n34)cc2)cn1. The van der Waals surface area contributed by atoms with Crippen LogP contribution in [0.2, 0.25) is 0 Å². The molecule has 0 bridgehead atoms. The van der Waals surface area contributed by atoms with Crippen LogP contribution < -0.4 is 10.6 Å². The summed E-state index contributed by atoms with van der Waals surface area (Å²) in [5, 5.41) is 4.24. The summed E-state index contributed by atoms with van der Waals surface area (Å²) < 4.78 is 3.96. The summed E-state index contributed by atoms with van der Waals surface area (Å²) in [6, 6.07) is 14.5. The van der Waals surface area contributed by atoms with E-state index < -0.39 is 0 Å². The van der Waals surface area contributed by atoms with Gasteiger partial charge in [-0.15, -0.1) is 0 Å². The lowest BCUT2D eigenvalue weighted by molar-refractivity contribution is -0.121. The number of amides is 1. The van der Waals surface area contributed by atoms with E-state index in [0.29, 0.717) is 6.54 Å². The van der Waals surface area contributed by atoms with Crippen molar-refractivity contribution in [3.63, 3.8) is 0 Å². The Kier molecular flexibility index (Phi) is 4.08. The molecule has 1 amide bonds. The van der Waals surface area contributed by atoms with Gasteiger partial charge in [-0.3, -0.25) is 13.9 Å². The maximum atomic E-state index is 11.6. The van der Waals surface area contributed by atoms with E-state index >= 15 is 0 Å². The smallest absolute Gasteiger partial charge is 0.222 e. The standard InChI is InChI=1S/C22H22N6O/c1-26-13-18(11-25-26)15-5-7-16(8-6-15)19-12-24-20-3-2-4-21(28(19)20)27-10-9-17(14-27)22(23)29/h2-8,11-13,17H,9-10,14H2,1H3,(H2,23,29). The first-order chi connectivity index (χ1) is 14.1. The molecule has 1 atom stereocenters. The number of nitrogens with zero attached hydrogens (tertiary/aromatic N) is 5. The summed E-state index contributed by atoms with van der Waals surface area (Å²) in [6.07, 6.45) is 6.56. The van der Waals surface area contributed by atoms with Crippen LogP contribution in [0.25, 0.3) is 28.0 Å². The van der Waals surface area contributed by atoms with Crippen molar-refractivity contribution < 1.29 is 4.79 Å². The lowest BCUT2D eigenvalue weighted by Crippen LogP contribution is -2.28. The average molecular weight is 386 g/mol. The molecule has 0 saturated carbocycles. The third kappa shape index (κ3) is 3.04. The number of fused-ring (bicyclic) bond motifs is 1. The maximum Gasteiger partial charge on any atom is 0.222 e. The Balaban J connectivity index is 1.53. The fourth-order valence-corrected chi connectivity index (χ4v) is 4.07. The molecule has 0 spiro atoms. The summed E-state index contributed by atoms with van der Waals surface area (Å²) >= 11 is 0. The van der Waals surface area contributed by atoms with Gasteiger partial charge in [-0.2, -0.15) is 5.10 Å². The molecular formula is C22H22N6O. The van der Waals surface area contributed by atoms with Crippen molar-refractivity contribution in [2.45, 2.75) is 6.42 Å². The van der Waals surface area contributed by atoms with Gasteiger partial charge in [0.25, 0.3) is 0 Å². The highest BCUT2D eigenvalue weighted by Crippen LogP contribution is 2.31. The topological polar surface area (TPSA) is 81.5 Å². The first-order valence-corrected chi connectivity index (χ1v) is 9.70. The van der Waals surface area contributed by atoms with E-state index in [1.54, 1.807) is 4.68 Å². The molecule has 3 aromatic heterocycles. The molecule has 2 N–H and O–H groups in total. The average Bonchev–Trinajstić information content (AvgIpc) is 3.47. The minimum atomic E-state index is -0.225. The Morgan fingerprint density at radius 2 is 1.86 bits per heavy atom. The van der Waals surface area contributed by atoms with Crippen LogP contribution in [-0.4, -0.2) is 38.2 Å². The van der Waals surface area contributed by atoms with Gasteiger partial charge in [0.15, 0.2) is 0 Å². The molecule has 7 heteroatoms. The molecule has 5 rings (SSSR count). The number of aromatic nitrogens is 4. The molecule has 1 aromatic carbocycles. The fraction of sp³-hybridized carbons (Fsp3) is 0.227. The number of rotatable bonds is 4. The third-order valence-electron chi connectivity index (χ3n) is 5.64. The lowest BCUT2D eigenvalue weighted by Gasteiger charge is -2.21. The van der Waals surface area contributed by atoms with E-state index in [9.17, 15) is 4.79 Å². The molecule has 1 fully saturated rings. The van der Waals surface area contributed by atoms with Gasteiger partial charge in [-0.25, -0.2) is 4.98 Å². The van der Waals surface area contributed by atoms with Crippen LogP contribution in [0.4, 0.5) is 5.82 Å². The molecule has 7 nitrogen and oxygen atoms in total. The highest BCUT2D eigenvalue weighted by atomic mass is 16.1. The quantitative estimate of drug-likeness (QED) is 0.585. The molecule has 146 valence electrons. The van der Waals surface area contributed by atoms with Gasteiger partial charge in [0, 0.05) is 37.5 Å². The van der Waals surface area contributed by atoms with Crippen LogP contribution in [0.1, 0.15) is 6.42 Å². The Hall–Kier alpha value is -3.61. The van der Waals surface area contributed by atoms with Crippen molar-refractivity contribution in [1.82, 2.24) is 19.2 Å². The van der Waals surface area contributed by atoms with E-state index in [2.05, 4.69) is 49.7 Å². The number of benzene rings is 1. The number of anilines is 1. The second kappa shape index (κ2) is 6.77. The number of hydrogen-bond donors (Lipinski definition) is 1. The molecule has 0 radical (unpaired) electrons.